The Morgan fingerprint density at radius 2 is 1.90 bits per heavy atom. The van der Waals surface area contributed by atoms with Crippen LogP contribution >= 0.6 is 11.3 Å². The maximum absolute atomic E-state index is 12.7. The molecule has 1 N–H and O–H groups in total. The number of nitro groups is 1. The van der Waals surface area contributed by atoms with E-state index >= 15 is 0 Å². The number of thiazole rings is 1. The van der Waals surface area contributed by atoms with Gasteiger partial charge in [-0.25, -0.2) is 4.98 Å². The van der Waals surface area contributed by atoms with Crippen LogP contribution in [0.3, 0.4) is 0 Å². The maximum Gasteiger partial charge on any atom is 0.293 e. The first kappa shape index (κ1) is 20.8. The number of benzene rings is 2. The van der Waals surface area contributed by atoms with Crippen molar-refractivity contribution in [2.75, 3.05) is 30.4 Å². The van der Waals surface area contributed by atoms with Gasteiger partial charge in [-0.3, -0.25) is 20.2 Å². The van der Waals surface area contributed by atoms with Crippen LogP contribution in [0.5, 0.6) is 5.75 Å². The molecule has 0 spiro atoms. The summed E-state index contributed by atoms with van der Waals surface area (Å²) in [4.78, 5) is 30.4. The van der Waals surface area contributed by atoms with Crippen molar-refractivity contribution in [3.05, 3.63) is 63.5 Å². The molecule has 2 aromatic carbocycles. The Balaban J connectivity index is 1.51. The first-order chi connectivity index (χ1) is 15.0. The van der Waals surface area contributed by atoms with E-state index in [-0.39, 0.29) is 11.3 Å². The number of amides is 1. The van der Waals surface area contributed by atoms with Gasteiger partial charge in [0.05, 0.1) is 17.7 Å². The molecule has 0 atom stereocenters. The van der Waals surface area contributed by atoms with Gasteiger partial charge in [-0.05, 0) is 55.7 Å². The highest BCUT2D eigenvalue weighted by molar-refractivity contribution is 7.14. The standard InChI is InChI=1S/C22H22N4O4S/c1-30-17-8-5-15(6-9-17)18-14-31-22(23-18)24-21(27)16-7-10-19(20(13-16)26(28)29)25-11-3-2-4-12-25/h5-10,13-14H,2-4,11-12H2,1H3,(H,23,24,27). The van der Waals surface area contributed by atoms with Crippen molar-refractivity contribution in [3.63, 3.8) is 0 Å². The summed E-state index contributed by atoms with van der Waals surface area (Å²) in [6.45, 7) is 1.58. The van der Waals surface area contributed by atoms with E-state index in [2.05, 4.69) is 10.3 Å². The highest BCUT2D eigenvalue weighted by atomic mass is 32.1. The monoisotopic (exact) mass is 438 g/mol. The first-order valence-electron chi connectivity index (χ1n) is 10.00. The van der Waals surface area contributed by atoms with Gasteiger partial charge in [0.2, 0.25) is 0 Å². The zero-order chi connectivity index (χ0) is 21.8. The second-order valence-corrected chi connectivity index (χ2v) is 8.09. The average molecular weight is 439 g/mol. The summed E-state index contributed by atoms with van der Waals surface area (Å²) in [6.07, 6.45) is 3.16. The van der Waals surface area contributed by atoms with Gasteiger partial charge in [0, 0.05) is 35.7 Å². The number of nitrogens with zero attached hydrogens (tertiary/aromatic N) is 3. The molecule has 0 saturated carbocycles. The molecule has 0 radical (unpaired) electrons. The largest absolute Gasteiger partial charge is 0.497 e. The molecule has 8 nitrogen and oxygen atoms in total. The van der Waals surface area contributed by atoms with Gasteiger partial charge in [0.1, 0.15) is 11.4 Å². The molecule has 3 aromatic rings. The number of nitrogens with one attached hydrogen (secondary N) is 1. The fraction of sp³-hybridized carbons (Fsp3) is 0.273. The van der Waals surface area contributed by atoms with Crippen molar-refractivity contribution >= 4 is 33.8 Å². The SMILES string of the molecule is COc1ccc(-c2csc(NC(=O)c3ccc(N4CCCCC4)c([N+](=O)[O-])c3)n2)cc1. The van der Waals surface area contributed by atoms with Gasteiger partial charge >= 0.3 is 0 Å². The molecular weight excluding hydrogens is 416 g/mol. The smallest absolute Gasteiger partial charge is 0.293 e. The van der Waals surface area contributed by atoms with E-state index in [1.165, 1.54) is 17.4 Å². The van der Waals surface area contributed by atoms with Gasteiger partial charge in [0.15, 0.2) is 5.13 Å². The number of piperidine rings is 1. The summed E-state index contributed by atoms with van der Waals surface area (Å²) in [6, 6.07) is 12.1. The van der Waals surface area contributed by atoms with Crippen molar-refractivity contribution in [1.29, 1.82) is 0 Å². The molecule has 1 amide bonds. The summed E-state index contributed by atoms with van der Waals surface area (Å²) >= 11 is 1.30. The quantitative estimate of drug-likeness (QED) is 0.431. The number of hydrogen-bond donors (Lipinski definition) is 1. The van der Waals surface area contributed by atoms with E-state index in [1.54, 1.807) is 19.2 Å². The Kier molecular flexibility index (Phi) is 6.13. The number of methoxy groups -OCH3 is 1. The Morgan fingerprint density at radius 3 is 2.58 bits per heavy atom. The number of anilines is 2. The predicted octanol–water partition coefficient (Wildman–Crippen LogP) is 4.97. The first-order valence-corrected chi connectivity index (χ1v) is 10.9. The van der Waals surface area contributed by atoms with Gasteiger partial charge in [-0.1, -0.05) is 0 Å². The van der Waals surface area contributed by atoms with E-state index in [1.807, 2.05) is 34.5 Å². The number of ether oxygens (including phenoxy) is 1. The lowest BCUT2D eigenvalue weighted by atomic mass is 10.1. The van der Waals surface area contributed by atoms with Gasteiger partial charge in [-0.15, -0.1) is 11.3 Å². The Morgan fingerprint density at radius 1 is 1.16 bits per heavy atom. The summed E-state index contributed by atoms with van der Waals surface area (Å²) in [7, 11) is 1.61. The number of nitro benzene ring substituents is 1. The van der Waals surface area contributed by atoms with Crippen molar-refractivity contribution < 1.29 is 14.5 Å². The molecule has 160 valence electrons. The van der Waals surface area contributed by atoms with E-state index < -0.39 is 10.8 Å². The molecule has 0 aliphatic carbocycles. The van der Waals surface area contributed by atoms with Crippen LogP contribution < -0.4 is 15.0 Å². The zero-order valence-electron chi connectivity index (χ0n) is 17.0. The lowest BCUT2D eigenvalue weighted by Crippen LogP contribution is -2.30. The number of hydrogen-bond acceptors (Lipinski definition) is 7. The maximum atomic E-state index is 12.7. The molecule has 0 bridgehead atoms. The van der Waals surface area contributed by atoms with E-state index in [9.17, 15) is 14.9 Å². The van der Waals surface area contributed by atoms with Crippen LogP contribution in [-0.2, 0) is 0 Å². The molecule has 1 aromatic heterocycles. The lowest BCUT2D eigenvalue weighted by Gasteiger charge is -2.28. The molecule has 1 saturated heterocycles. The summed E-state index contributed by atoms with van der Waals surface area (Å²) in [5, 5.41) is 16.7. The molecule has 9 heteroatoms. The molecular formula is C22H22N4O4S. The second kappa shape index (κ2) is 9.13. The fourth-order valence-corrected chi connectivity index (χ4v) is 4.32. The van der Waals surface area contributed by atoms with Gasteiger partial charge in [-0.2, -0.15) is 0 Å². The minimum atomic E-state index is -0.427. The Labute approximate surface area is 183 Å². The van der Waals surface area contributed by atoms with Gasteiger partial charge in [0.25, 0.3) is 11.6 Å². The third kappa shape index (κ3) is 4.66. The van der Waals surface area contributed by atoms with E-state index in [0.717, 1.165) is 49.4 Å². The zero-order valence-corrected chi connectivity index (χ0v) is 17.9. The molecule has 1 fully saturated rings. The van der Waals surface area contributed by atoms with Crippen molar-refractivity contribution in [2.24, 2.45) is 0 Å². The molecule has 4 rings (SSSR count). The van der Waals surface area contributed by atoms with Crippen LogP contribution in [0.25, 0.3) is 11.3 Å². The Bertz CT molecular complexity index is 1090. The van der Waals surface area contributed by atoms with Crippen LogP contribution in [0.4, 0.5) is 16.5 Å². The van der Waals surface area contributed by atoms with Crippen LogP contribution in [0.15, 0.2) is 47.8 Å². The fourth-order valence-electron chi connectivity index (χ4n) is 3.61. The topological polar surface area (TPSA) is 97.6 Å². The van der Waals surface area contributed by atoms with E-state index in [4.69, 9.17) is 4.74 Å². The van der Waals surface area contributed by atoms with Crippen molar-refractivity contribution in [3.8, 4) is 17.0 Å². The van der Waals surface area contributed by atoms with E-state index in [0.29, 0.717) is 10.8 Å². The molecule has 1 aliphatic rings. The number of carbonyl (C=O) groups excluding carboxylic acids is 1. The second-order valence-electron chi connectivity index (χ2n) is 7.23. The van der Waals surface area contributed by atoms with Crippen molar-refractivity contribution in [1.82, 2.24) is 4.98 Å². The highest BCUT2D eigenvalue weighted by Crippen LogP contribution is 2.32. The minimum absolute atomic E-state index is 0.0485. The minimum Gasteiger partial charge on any atom is -0.497 e. The Hall–Kier alpha value is -3.46. The molecule has 2 heterocycles. The summed E-state index contributed by atoms with van der Waals surface area (Å²) < 4.78 is 5.16. The predicted molar refractivity (Wildman–Crippen MR) is 121 cm³/mol. The number of rotatable bonds is 6. The molecule has 0 unspecified atom stereocenters. The molecule has 31 heavy (non-hydrogen) atoms. The summed E-state index contributed by atoms with van der Waals surface area (Å²) in [5.41, 5.74) is 2.38. The number of aromatic nitrogens is 1. The average Bonchev–Trinajstić information content (AvgIpc) is 3.27. The highest BCUT2D eigenvalue weighted by Gasteiger charge is 2.23. The van der Waals surface area contributed by atoms with Crippen LogP contribution in [0.2, 0.25) is 0 Å². The van der Waals surface area contributed by atoms with Crippen LogP contribution in [0.1, 0.15) is 29.6 Å². The van der Waals surface area contributed by atoms with Crippen LogP contribution in [0, 0.1) is 10.1 Å². The van der Waals surface area contributed by atoms with Crippen LogP contribution in [-0.4, -0.2) is 36.0 Å². The van der Waals surface area contributed by atoms with Gasteiger partial charge < -0.3 is 9.64 Å². The molecule has 1 aliphatic heterocycles. The third-order valence-corrected chi connectivity index (χ3v) is 6.00. The summed E-state index contributed by atoms with van der Waals surface area (Å²) in [5.74, 6) is 0.325. The lowest BCUT2D eigenvalue weighted by molar-refractivity contribution is -0.384. The normalized spacial score (nSPS) is 13.6. The third-order valence-electron chi connectivity index (χ3n) is 5.24. The van der Waals surface area contributed by atoms with Crippen molar-refractivity contribution in [2.45, 2.75) is 19.3 Å². The number of carbonyl (C=O) groups is 1.